The number of aldehydes is 1. The third-order valence-corrected chi connectivity index (χ3v) is 4.93. The third-order valence-electron chi connectivity index (χ3n) is 4.93. The van der Waals surface area contributed by atoms with E-state index in [0.717, 1.165) is 17.4 Å². The number of carbonyl (C=O) groups excluding carboxylic acids is 1. The van der Waals surface area contributed by atoms with E-state index in [0.29, 0.717) is 0 Å². The highest BCUT2D eigenvalue weighted by molar-refractivity contribution is 5.88. The van der Waals surface area contributed by atoms with E-state index in [-0.39, 0.29) is 16.7 Å². The molecule has 0 amide bonds. The van der Waals surface area contributed by atoms with Crippen LogP contribution in [0, 0.1) is 0 Å². The molecule has 120 valence electrons. The van der Waals surface area contributed by atoms with Gasteiger partial charge in [-0.1, -0.05) is 77.9 Å². The van der Waals surface area contributed by atoms with Gasteiger partial charge in [-0.3, -0.25) is 0 Å². The molecule has 2 aromatic carbocycles. The van der Waals surface area contributed by atoms with Crippen molar-refractivity contribution in [2.24, 2.45) is 0 Å². The van der Waals surface area contributed by atoms with E-state index >= 15 is 0 Å². The Balaban J connectivity index is 2.19. The van der Waals surface area contributed by atoms with E-state index in [4.69, 9.17) is 0 Å². The van der Waals surface area contributed by atoms with Crippen LogP contribution < -0.4 is 0 Å². The van der Waals surface area contributed by atoms with Crippen molar-refractivity contribution in [1.29, 1.82) is 0 Å². The van der Waals surface area contributed by atoms with Gasteiger partial charge in [-0.2, -0.15) is 0 Å². The van der Waals surface area contributed by atoms with Gasteiger partial charge in [0.05, 0.1) is 5.92 Å². The van der Waals surface area contributed by atoms with Crippen LogP contribution in [0.4, 0.5) is 0 Å². The Labute approximate surface area is 139 Å². The summed E-state index contributed by atoms with van der Waals surface area (Å²) in [5.41, 5.74) is 7.50. The maximum absolute atomic E-state index is 11.9. The Bertz CT molecular complexity index is 706. The summed E-state index contributed by atoms with van der Waals surface area (Å²) in [5, 5.41) is 0. The molecule has 1 aliphatic carbocycles. The van der Waals surface area contributed by atoms with Gasteiger partial charge in [0, 0.05) is 0 Å². The van der Waals surface area contributed by atoms with Gasteiger partial charge in [-0.05, 0) is 44.2 Å². The average molecular weight is 306 g/mol. The summed E-state index contributed by atoms with van der Waals surface area (Å²) in [5.74, 6) is -0.135. The summed E-state index contributed by atoms with van der Waals surface area (Å²) >= 11 is 0. The zero-order chi connectivity index (χ0) is 17.0. The topological polar surface area (TPSA) is 17.1 Å². The van der Waals surface area contributed by atoms with E-state index in [1.807, 2.05) is 0 Å². The smallest absolute Gasteiger partial charge is 0.131 e. The van der Waals surface area contributed by atoms with Crippen LogP contribution in [-0.4, -0.2) is 6.29 Å². The van der Waals surface area contributed by atoms with Crippen LogP contribution in [0.5, 0.6) is 0 Å². The van der Waals surface area contributed by atoms with Crippen LogP contribution in [0.25, 0.3) is 11.1 Å². The zero-order valence-corrected chi connectivity index (χ0v) is 15.0. The fraction of sp³-hybridized carbons (Fsp3) is 0.409. The van der Waals surface area contributed by atoms with Crippen LogP contribution in [0.15, 0.2) is 36.4 Å². The zero-order valence-electron chi connectivity index (χ0n) is 15.0. The number of carbonyl (C=O) groups is 1. The molecule has 0 bridgehead atoms. The van der Waals surface area contributed by atoms with Gasteiger partial charge in [0.2, 0.25) is 0 Å². The molecule has 23 heavy (non-hydrogen) atoms. The molecule has 0 atom stereocenters. The quantitative estimate of drug-likeness (QED) is 0.627. The molecule has 3 rings (SSSR count). The Morgan fingerprint density at radius 3 is 1.43 bits per heavy atom. The molecule has 0 spiro atoms. The first-order valence-corrected chi connectivity index (χ1v) is 8.37. The van der Waals surface area contributed by atoms with Gasteiger partial charge in [-0.15, -0.1) is 0 Å². The van der Waals surface area contributed by atoms with Crippen molar-refractivity contribution in [3.63, 3.8) is 0 Å². The lowest BCUT2D eigenvalue weighted by Gasteiger charge is -2.21. The molecule has 0 unspecified atom stereocenters. The highest BCUT2D eigenvalue weighted by atomic mass is 16.1. The molecular weight excluding hydrogens is 280 g/mol. The summed E-state index contributed by atoms with van der Waals surface area (Å²) in [6.07, 6.45) is 1.10. The second-order valence-electron chi connectivity index (χ2n) is 8.72. The number of rotatable bonds is 1. The maximum atomic E-state index is 11.9. The van der Waals surface area contributed by atoms with E-state index in [2.05, 4.69) is 77.9 Å². The minimum absolute atomic E-state index is 0.0911. The van der Waals surface area contributed by atoms with Crippen molar-refractivity contribution in [1.82, 2.24) is 0 Å². The molecule has 0 fully saturated rings. The lowest BCUT2D eigenvalue weighted by molar-refractivity contribution is -0.108. The molecule has 2 aromatic rings. The number of hydrogen-bond acceptors (Lipinski definition) is 1. The van der Waals surface area contributed by atoms with Gasteiger partial charge in [0.25, 0.3) is 0 Å². The third kappa shape index (κ3) is 2.63. The standard InChI is InChI=1S/C22H26O/c1-21(2,3)14-7-9-16-17-10-8-15(22(4,5)6)12-19(17)20(13-23)18(16)11-14/h7-13,20H,1-6H3. The van der Waals surface area contributed by atoms with Crippen LogP contribution in [0.2, 0.25) is 0 Å². The summed E-state index contributed by atoms with van der Waals surface area (Å²) in [7, 11) is 0. The first kappa shape index (κ1) is 16.0. The van der Waals surface area contributed by atoms with Crippen LogP contribution in [0.3, 0.4) is 0 Å². The predicted octanol–water partition coefficient (Wildman–Crippen LogP) is 5.59. The Hall–Kier alpha value is -1.89. The van der Waals surface area contributed by atoms with Crippen LogP contribution in [-0.2, 0) is 15.6 Å². The molecule has 0 saturated heterocycles. The number of benzene rings is 2. The van der Waals surface area contributed by atoms with Gasteiger partial charge < -0.3 is 4.79 Å². The van der Waals surface area contributed by atoms with Crippen molar-refractivity contribution >= 4 is 6.29 Å². The Morgan fingerprint density at radius 1 is 0.739 bits per heavy atom. The second-order valence-corrected chi connectivity index (χ2v) is 8.72. The Morgan fingerprint density at radius 2 is 1.13 bits per heavy atom. The molecule has 0 heterocycles. The van der Waals surface area contributed by atoms with Gasteiger partial charge >= 0.3 is 0 Å². The largest absolute Gasteiger partial charge is 0.302 e. The number of hydrogen-bond donors (Lipinski definition) is 0. The van der Waals surface area contributed by atoms with Crippen molar-refractivity contribution in [3.8, 4) is 11.1 Å². The summed E-state index contributed by atoms with van der Waals surface area (Å²) < 4.78 is 0. The summed E-state index contributed by atoms with van der Waals surface area (Å²) in [4.78, 5) is 11.9. The molecule has 0 N–H and O–H groups in total. The first-order chi connectivity index (χ1) is 10.6. The van der Waals surface area contributed by atoms with Crippen molar-refractivity contribution < 1.29 is 4.79 Å². The van der Waals surface area contributed by atoms with E-state index in [1.165, 1.54) is 22.3 Å². The van der Waals surface area contributed by atoms with Gasteiger partial charge in [0.15, 0.2) is 0 Å². The monoisotopic (exact) mass is 306 g/mol. The predicted molar refractivity (Wildman–Crippen MR) is 97.2 cm³/mol. The van der Waals surface area contributed by atoms with Crippen molar-refractivity contribution in [2.45, 2.75) is 58.3 Å². The van der Waals surface area contributed by atoms with Gasteiger partial charge in [0.1, 0.15) is 6.29 Å². The molecule has 1 aliphatic rings. The molecule has 0 aromatic heterocycles. The minimum Gasteiger partial charge on any atom is -0.302 e. The molecule has 0 radical (unpaired) electrons. The number of fused-ring (bicyclic) bond motifs is 3. The van der Waals surface area contributed by atoms with Crippen molar-refractivity contribution in [3.05, 3.63) is 58.7 Å². The average Bonchev–Trinajstić information content (AvgIpc) is 2.77. The fourth-order valence-electron chi connectivity index (χ4n) is 3.38. The minimum atomic E-state index is -0.135. The van der Waals surface area contributed by atoms with E-state index < -0.39 is 0 Å². The van der Waals surface area contributed by atoms with E-state index in [9.17, 15) is 4.79 Å². The summed E-state index contributed by atoms with van der Waals surface area (Å²) in [6, 6.07) is 13.2. The van der Waals surface area contributed by atoms with Crippen LogP contribution in [0.1, 0.15) is 69.7 Å². The maximum Gasteiger partial charge on any atom is 0.131 e. The highest BCUT2D eigenvalue weighted by Crippen LogP contribution is 2.46. The van der Waals surface area contributed by atoms with Crippen LogP contribution >= 0.6 is 0 Å². The molecule has 1 heteroatoms. The lowest BCUT2D eigenvalue weighted by Crippen LogP contribution is -2.12. The SMILES string of the molecule is CC(C)(C)c1ccc2c(c1)C(C=O)c1cc(C(C)(C)C)ccc1-2. The fourth-order valence-corrected chi connectivity index (χ4v) is 3.38. The highest BCUT2D eigenvalue weighted by Gasteiger charge is 2.31. The second kappa shape index (κ2) is 5.06. The normalized spacial score (nSPS) is 14.5. The Kier molecular flexibility index (Phi) is 3.51. The molecular formula is C22H26O. The summed E-state index contributed by atoms with van der Waals surface area (Å²) in [6.45, 7) is 13.3. The first-order valence-electron chi connectivity index (χ1n) is 8.37. The lowest BCUT2D eigenvalue weighted by atomic mass is 9.83. The van der Waals surface area contributed by atoms with E-state index in [1.54, 1.807) is 0 Å². The molecule has 0 saturated carbocycles. The molecule has 1 nitrogen and oxygen atoms in total. The molecule has 0 aliphatic heterocycles. The van der Waals surface area contributed by atoms with Crippen molar-refractivity contribution in [2.75, 3.05) is 0 Å². The van der Waals surface area contributed by atoms with Gasteiger partial charge in [-0.25, -0.2) is 0 Å².